The van der Waals surface area contributed by atoms with E-state index in [9.17, 15) is 9.59 Å². The topological polar surface area (TPSA) is 58.2 Å². The van der Waals surface area contributed by atoms with E-state index in [1.807, 2.05) is 26.0 Å². The number of rotatable bonds is 4. The first-order valence-electron chi connectivity index (χ1n) is 8.10. The number of benzene rings is 1. The molecule has 1 fully saturated rings. The van der Waals surface area contributed by atoms with Crippen LogP contribution in [0.4, 0.5) is 0 Å². The monoisotopic (exact) mass is 302 g/mol. The van der Waals surface area contributed by atoms with Gasteiger partial charge in [-0.25, -0.2) is 0 Å². The third-order valence-electron chi connectivity index (χ3n) is 4.56. The van der Waals surface area contributed by atoms with Crippen molar-refractivity contribution < 1.29 is 9.59 Å². The van der Waals surface area contributed by atoms with Crippen LogP contribution in [0.15, 0.2) is 18.2 Å². The lowest BCUT2D eigenvalue weighted by atomic mass is 9.87. The van der Waals surface area contributed by atoms with Gasteiger partial charge in [-0.1, -0.05) is 13.0 Å². The summed E-state index contributed by atoms with van der Waals surface area (Å²) >= 11 is 0. The van der Waals surface area contributed by atoms with Gasteiger partial charge in [0.05, 0.1) is 6.54 Å². The van der Waals surface area contributed by atoms with Crippen LogP contribution in [0.3, 0.4) is 0 Å². The normalized spacial score (nSPS) is 21.2. The van der Waals surface area contributed by atoms with Crippen LogP contribution in [0, 0.1) is 19.8 Å². The fourth-order valence-electron chi connectivity index (χ4n) is 2.83. The van der Waals surface area contributed by atoms with E-state index in [-0.39, 0.29) is 24.4 Å². The van der Waals surface area contributed by atoms with Gasteiger partial charge < -0.3 is 10.6 Å². The van der Waals surface area contributed by atoms with E-state index < -0.39 is 0 Å². The van der Waals surface area contributed by atoms with Gasteiger partial charge in [-0.05, 0) is 68.7 Å². The molecule has 4 heteroatoms. The first kappa shape index (κ1) is 16.5. The molecule has 120 valence electrons. The Labute approximate surface area is 132 Å². The highest BCUT2D eigenvalue weighted by atomic mass is 16.2. The number of amides is 2. The summed E-state index contributed by atoms with van der Waals surface area (Å²) in [6.45, 7) is 6.28. The maximum absolute atomic E-state index is 12.1. The fraction of sp³-hybridized carbons (Fsp3) is 0.556. The second-order valence-corrected chi connectivity index (χ2v) is 6.51. The fourth-order valence-corrected chi connectivity index (χ4v) is 2.83. The molecule has 0 heterocycles. The molecule has 0 atom stereocenters. The molecule has 1 saturated carbocycles. The molecule has 0 aromatic heterocycles. The van der Waals surface area contributed by atoms with Crippen molar-refractivity contribution in [1.82, 2.24) is 10.6 Å². The van der Waals surface area contributed by atoms with Crippen molar-refractivity contribution >= 4 is 11.8 Å². The van der Waals surface area contributed by atoms with Gasteiger partial charge in [0, 0.05) is 11.6 Å². The van der Waals surface area contributed by atoms with Crippen LogP contribution >= 0.6 is 0 Å². The molecule has 0 bridgehead atoms. The minimum Gasteiger partial charge on any atom is -0.352 e. The molecule has 1 aromatic rings. The average molecular weight is 302 g/mol. The van der Waals surface area contributed by atoms with Gasteiger partial charge in [-0.2, -0.15) is 0 Å². The standard InChI is InChI=1S/C18H26N2O2/c1-12-4-8-16(9-5-12)20-17(21)11-19-18(22)15-7-6-13(2)14(3)10-15/h6-7,10,12,16H,4-5,8-9,11H2,1-3H3,(H,19,22)(H,20,21). The summed E-state index contributed by atoms with van der Waals surface area (Å²) in [7, 11) is 0. The number of hydrogen-bond donors (Lipinski definition) is 2. The highest BCUT2D eigenvalue weighted by Crippen LogP contribution is 2.23. The number of hydrogen-bond acceptors (Lipinski definition) is 2. The molecular formula is C18H26N2O2. The third kappa shape index (κ3) is 4.58. The Morgan fingerprint density at radius 2 is 1.77 bits per heavy atom. The summed E-state index contributed by atoms with van der Waals surface area (Å²) < 4.78 is 0. The Morgan fingerprint density at radius 3 is 2.41 bits per heavy atom. The van der Waals surface area contributed by atoms with E-state index in [4.69, 9.17) is 0 Å². The Morgan fingerprint density at radius 1 is 1.09 bits per heavy atom. The zero-order chi connectivity index (χ0) is 16.1. The van der Waals surface area contributed by atoms with Crippen molar-refractivity contribution in [2.75, 3.05) is 6.54 Å². The molecule has 2 N–H and O–H groups in total. The summed E-state index contributed by atoms with van der Waals surface area (Å²) in [5, 5.41) is 5.71. The van der Waals surface area contributed by atoms with Crippen molar-refractivity contribution in [2.45, 2.75) is 52.5 Å². The first-order valence-corrected chi connectivity index (χ1v) is 8.10. The minimum absolute atomic E-state index is 0.0395. The van der Waals surface area contributed by atoms with Crippen molar-refractivity contribution in [2.24, 2.45) is 5.92 Å². The first-order chi connectivity index (χ1) is 10.5. The SMILES string of the molecule is Cc1ccc(C(=O)NCC(=O)NC2CCC(C)CC2)cc1C. The molecule has 0 unspecified atom stereocenters. The molecular weight excluding hydrogens is 276 g/mol. The quantitative estimate of drug-likeness (QED) is 0.898. The zero-order valence-corrected chi connectivity index (χ0v) is 13.7. The molecule has 0 spiro atoms. The van der Waals surface area contributed by atoms with E-state index in [1.165, 1.54) is 12.8 Å². The number of nitrogens with one attached hydrogen (secondary N) is 2. The van der Waals surface area contributed by atoms with Crippen LogP contribution < -0.4 is 10.6 Å². The molecule has 0 saturated heterocycles. The number of aryl methyl sites for hydroxylation is 2. The molecule has 1 aliphatic carbocycles. The third-order valence-corrected chi connectivity index (χ3v) is 4.56. The highest BCUT2D eigenvalue weighted by molar-refractivity contribution is 5.96. The lowest BCUT2D eigenvalue weighted by Crippen LogP contribution is -2.43. The zero-order valence-electron chi connectivity index (χ0n) is 13.7. The predicted molar refractivity (Wildman–Crippen MR) is 87.8 cm³/mol. The lowest BCUT2D eigenvalue weighted by Gasteiger charge is -2.26. The average Bonchev–Trinajstić information content (AvgIpc) is 2.50. The number of carbonyl (C=O) groups is 2. The lowest BCUT2D eigenvalue weighted by molar-refractivity contribution is -0.121. The molecule has 0 aliphatic heterocycles. The van der Waals surface area contributed by atoms with Gasteiger partial charge in [-0.3, -0.25) is 9.59 Å². The van der Waals surface area contributed by atoms with Gasteiger partial charge in [0.15, 0.2) is 0 Å². The van der Waals surface area contributed by atoms with E-state index in [0.717, 1.165) is 29.9 Å². The van der Waals surface area contributed by atoms with Crippen LogP contribution in [0.25, 0.3) is 0 Å². The van der Waals surface area contributed by atoms with E-state index in [0.29, 0.717) is 5.56 Å². The maximum atomic E-state index is 12.1. The summed E-state index contributed by atoms with van der Waals surface area (Å²) in [6.07, 6.45) is 4.41. The molecule has 0 radical (unpaired) electrons. The van der Waals surface area contributed by atoms with E-state index >= 15 is 0 Å². The molecule has 22 heavy (non-hydrogen) atoms. The summed E-state index contributed by atoms with van der Waals surface area (Å²) in [5.41, 5.74) is 2.83. The van der Waals surface area contributed by atoms with Crippen molar-refractivity contribution in [3.8, 4) is 0 Å². The minimum atomic E-state index is -0.199. The van der Waals surface area contributed by atoms with Crippen LogP contribution in [-0.2, 0) is 4.79 Å². The van der Waals surface area contributed by atoms with Crippen molar-refractivity contribution in [1.29, 1.82) is 0 Å². The van der Waals surface area contributed by atoms with Crippen LogP contribution in [0.1, 0.15) is 54.1 Å². The Kier molecular flexibility index (Phi) is 5.58. The van der Waals surface area contributed by atoms with Gasteiger partial charge in [-0.15, -0.1) is 0 Å². The summed E-state index contributed by atoms with van der Waals surface area (Å²) in [4.78, 5) is 24.0. The Balaban J connectivity index is 1.78. The second-order valence-electron chi connectivity index (χ2n) is 6.51. The van der Waals surface area contributed by atoms with Gasteiger partial charge in [0.1, 0.15) is 0 Å². The Hall–Kier alpha value is -1.84. The van der Waals surface area contributed by atoms with Crippen LogP contribution in [0.2, 0.25) is 0 Å². The maximum Gasteiger partial charge on any atom is 0.251 e. The van der Waals surface area contributed by atoms with Crippen molar-refractivity contribution in [3.63, 3.8) is 0 Å². The van der Waals surface area contributed by atoms with Gasteiger partial charge in [0.25, 0.3) is 5.91 Å². The van der Waals surface area contributed by atoms with Gasteiger partial charge >= 0.3 is 0 Å². The van der Waals surface area contributed by atoms with E-state index in [2.05, 4.69) is 17.6 Å². The summed E-state index contributed by atoms with van der Waals surface area (Å²) in [6, 6.07) is 5.83. The van der Waals surface area contributed by atoms with Crippen LogP contribution in [0.5, 0.6) is 0 Å². The molecule has 1 aliphatic rings. The van der Waals surface area contributed by atoms with E-state index in [1.54, 1.807) is 6.07 Å². The smallest absolute Gasteiger partial charge is 0.251 e. The van der Waals surface area contributed by atoms with Gasteiger partial charge in [0.2, 0.25) is 5.91 Å². The largest absolute Gasteiger partial charge is 0.352 e. The highest BCUT2D eigenvalue weighted by Gasteiger charge is 2.19. The summed E-state index contributed by atoms with van der Waals surface area (Å²) in [5.74, 6) is 0.463. The molecule has 4 nitrogen and oxygen atoms in total. The molecule has 2 amide bonds. The molecule has 2 rings (SSSR count). The molecule has 1 aromatic carbocycles. The Bertz CT molecular complexity index is 546. The predicted octanol–water partition coefficient (Wildman–Crippen LogP) is 2.73. The van der Waals surface area contributed by atoms with Crippen molar-refractivity contribution in [3.05, 3.63) is 34.9 Å². The second kappa shape index (κ2) is 7.43. The number of carbonyl (C=O) groups excluding carboxylic acids is 2. The van der Waals surface area contributed by atoms with Crippen LogP contribution in [-0.4, -0.2) is 24.4 Å².